The molecular formula is C10H16N4O2. The molecular weight excluding hydrogens is 208 g/mol. The van der Waals surface area contributed by atoms with Crippen molar-refractivity contribution in [3.63, 3.8) is 0 Å². The number of pyridine rings is 1. The van der Waals surface area contributed by atoms with E-state index in [1.54, 1.807) is 0 Å². The minimum atomic E-state index is -0.464. The molecule has 3 N–H and O–H groups in total. The number of hydrogen-bond donors (Lipinski definition) is 2. The molecule has 6 nitrogen and oxygen atoms in total. The van der Waals surface area contributed by atoms with Crippen molar-refractivity contribution in [3.05, 3.63) is 22.2 Å². The van der Waals surface area contributed by atoms with E-state index in [0.717, 1.165) is 19.3 Å². The zero-order chi connectivity index (χ0) is 12.0. The van der Waals surface area contributed by atoms with Crippen LogP contribution in [0.2, 0.25) is 0 Å². The summed E-state index contributed by atoms with van der Waals surface area (Å²) in [4.78, 5) is 14.2. The third-order valence-electron chi connectivity index (χ3n) is 2.16. The van der Waals surface area contributed by atoms with E-state index < -0.39 is 4.92 Å². The third-order valence-corrected chi connectivity index (χ3v) is 2.16. The van der Waals surface area contributed by atoms with Gasteiger partial charge in [-0.3, -0.25) is 10.1 Å². The van der Waals surface area contributed by atoms with Crippen molar-refractivity contribution in [1.82, 2.24) is 4.98 Å². The molecule has 0 saturated carbocycles. The summed E-state index contributed by atoms with van der Waals surface area (Å²) in [6.07, 6.45) is 3.15. The number of nitro groups is 1. The summed E-state index contributed by atoms with van der Waals surface area (Å²) >= 11 is 0. The molecule has 6 heteroatoms. The van der Waals surface area contributed by atoms with Crippen LogP contribution in [0.15, 0.2) is 12.1 Å². The average Bonchev–Trinajstić information content (AvgIpc) is 2.24. The quantitative estimate of drug-likeness (QED) is 0.438. The maximum Gasteiger partial charge on any atom is 0.311 e. The van der Waals surface area contributed by atoms with Crippen LogP contribution in [0.25, 0.3) is 0 Å². The first-order chi connectivity index (χ1) is 7.65. The molecule has 0 amide bonds. The Balaban J connectivity index is 2.68. The molecule has 0 unspecified atom stereocenters. The van der Waals surface area contributed by atoms with E-state index in [-0.39, 0.29) is 17.3 Å². The molecule has 0 aliphatic carbocycles. The zero-order valence-electron chi connectivity index (χ0n) is 9.27. The van der Waals surface area contributed by atoms with Gasteiger partial charge in [0.1, 0.15) is 5.82 Å². The van der Waals surface area contributed by atoms with Gasteiger partial charge in [0.15, 0.2) is 0 Å². The average molecular weight is 224 g/mol. The highest BCUT2D eigenvalue weighted by Gasteiger charge is 2.14. The summed E-state index contributed by atoms with van der Waals surface area (Å²) in [6.45, 7) is 2.77. The number of unbranched alkanes of at least 4 members (excludes halogenated alkanes) is 2. The van der Waals surface area contributed by atoms with Crippen LogP contribution in [0, 0.1) is 10.1 Å². The van der Waals surface area contributed by atoms with Gasteiger partial charge in [-0.25, -0.2) is 4.98 Å². The standard InChI is InChI=1S/C10H16N4O2/c1-2-3-4-7-12-10-8(14(15)16)5-6-9(11)13-10/h5-6H,2-4,7H2,1H3,(H3,11,12,13). The van der Waals surface area contributed by atoms with Crippen molar-refractivity contribution in [2.24, 2.45) is 0 Å². The highest BCUT2D eigenvalue weighted by molar-refractivity contribution is 5.59. The highest BCUT2D eigenvalue weighted by Crippen LogP contribution is 2.22. The number of anilines is 2. The summed E-state index contributed by atoms with van der Waals surface area (Å²) in [5, 5.41) is 13.6. The Labute approximate surface area is 94.0 Å². The van der Waals surface area contributed by atoms with Gasteiger partial charge in [0.2, 0.25) is 5.82 Å². The fourth-order valence-corrected chi connectivity index (χ4v) is 1.33. The second kappa shape index (κ2) is 5.89. The van der Waals surface area contributed by atoms with Gasteiger partial charge in [0.25, 0.3) is 0 Å². The first kappa shape index (κ1) is 12.2. The van der Waals surface area contributed by atoms with Crippen molar-refractivity contribution >= 4 is 17.3 Å². The fourth-order valence-electron chi connectivity index (χ4n) is 1.33. The lowest BCUT2D eigenvalue weighted by molar-refractivity contribution is -0.384. The zero-order valence-corrected chi connectivity index (χ0v) is 9.27. The van der Waals surface area contributed by atoms with Crippen LogP contribution in [-0.4, -0.2) is 16.5 Å². The Morgan fingerprint density at radius 3 is 2.88 bits per heavy atom. The molecule has 1 aromatic heterocycles. The molecule has 1 rings (SSSR count). The van der Waals surface area contributed by atoms with Gasteiger partial charge in [-0.15, -0.1) is 0 Å². The second-order valence-electron chi connectivity index (χ2n) is 3.49. The van der Waals surface area contributed by atoms with E-state index in [9.17, 15) is 10.1 Å². The Morgan fingerprint density at radius 2 is 2.25 bits per heavy atom. The molecule has 0 aliphatic heterocycles. The van der Waals surface area contributed by atoms with Gasteiger partial charge in [0.05, 0.1) is 4.92 Å². The molecule has 0 saturated heterocycles. The number of nitrogen functional groups attached to an aromatic ring is 1. The summed E-state index contributed by atoms with van der Waals surface area (Å²) in [5.41, 5.74) is 5.45. The first-order valence-electron chi connectivity index (χ1n) is 5.30. The number of nitrogens with zero attached hydrogens (tertiary/aromatic N) is 2. The molecule has 0 bridgehead atoms. The molecule has 0 atom stereocenters. The maximum atomic E-state index is 10.7. The van der Waals surface area contributed by atoms with E-state index in [1.165, 1.54) is 12.1 Å². The van der Waals surface area contributed by atoms with E-state index in [2.05, 4.69) is 17.2 Å². The molecule has 16 heavy (non-hydrogen) atoms. The second-order valence-corrected chi connectivity index (χ2v) is 3.49. The topological polar surface area (TPSA) is 94.1 Å². The lowest BCUT2D eigenvalue weighted by Gasteiger charge is -2.06. The predicted octanol–water partition coefficient (Wildman–Crippen LogP) is 2.17. The Kier molecular flexibility index (Phi) is 4.50. The van der Waals surface area contributed by atoms with Gasteiger partial charge < -0.3 is 11.1 Å². The third kappa shape index (κ3) is 3.38. The lowest BCUT2D eigenvalue weighted by atomic mass is 10.2. The normalized spacial score (nSPS) is 10.1. The Morgan fingerprint density at radius 1 is 1.50 bits per heavy atom. The van der Waals surface area contributed by atoms with Gasteiger partial charge in [0, 0.05) is 12.6 Å². The summed E-state index contributed by atoms with van der Waals surface area (Å²) in [7, 11) is 0. The predicted molar refractivity (Wildman–Crippen MR) is 63.3 cm³/mol. The number of nitrogens with two attached hydrogens (primary N) is 1. The fraction of sp³-hybridized carbons (Fsp3) is 0.500. The van der Waals surface area contributed by atoms with Crippen LogP contribution in [0.1, 0.15) is 26.2 Å². The molecule has 0 aliphatic rings. The maximum absolute atomic E-state index is 10.7. The number of aromatic nitrogens is 1. The molecule has 0 aromatic carbocycles. The molecule has 0 spiro atoms. The van der Waals surface area contributed by atoms with Gasteiger partial charge in [-0.05, 0) is 12.5 Å². The number of rotatable bonds is 6. The smallest absolute Gasteiger partial charge is 0.311 e. The largest absolute Gasteiger partial charge is 0.384 e. The minimum Gasteiger partial charge on any atom is -0.384 e. The molecule has 1 aromatic rings. The summed E-state index contributed by atoms with van der Waals surface area (Å²) < 4.78 is 0. The monoisotopic (exact) mass is 224 g/mol. The van der Waals surface area contributed by atoms with Crippen LogP contribution in [-0.2, 0) is 0 Å². The summed E-state index contributed by atoms with van der Waals surface area (Å²) in [5.74, 6) is 0.532. The first-order valence-corrected chi connectivity index (χ1v) is 5.30. The van der Waals surface area contributed by atoms with E-state index >= 15 is 0 Å². The SMILES string of the molecule is CCCCCNc1nc(N)ccc1[N+](=O)[O-]. The van der Waals surface area contributed by atoms with Crippen LogP contribution in [0.3, 0.4) is 0 Å². The van der Waals surface area contributed by atoms with Crippen LogP contribution in [0.4, 0.5) is 17.3 Å². The van der Waals surface area contributed by atoms with Crippen molar-refractivity contribution < 1.29 is 4.92 Å². The molecule has 1 heterocycles. The number of hydrogen-bond acceptors (Lipinski definition) is 5. The van der Waals surface area contributed by atoms with E-state index in [4.69, 9.17) is 5.73 Å². The van der Waals surface area contributed by atoms with E-state index in [0.29, 0.717) is 6.54 Å². The van der Waals surface area contributed by atoms with Crippen molar-refractivity contribution in [1.29, 1.82) is 0 Å². The molecule has 0 fully saturated rings. The van der Waals surface area contributed by atoms with Crippen molar-refractivity contribution in [2.75, 3.05) is 17.6 Å². The van der Waals surface area contributed by atoms with Crippen LogP contribution >= 0.6 is 0 Å². The Bertz CT molecular complexity index is 368. The van der Waals surface area contributed by atoms with Gasteiger partial charge in [-0.2, -0.15) is 0 Å². The van der Waals surface area contributed by atoms with Gasteiger partial charge in [-0.1, -0.05) is 19.8 Å². The van der Waals surface area contributed by atoms with Gasteiger partial charge >= 0.3 is 5.69 Å². The van der Waals surface area contributed by atoms with Crippen LogP contribution in [0.5, 0.6) is 0 Å². The minimum absolute atomic E-state index is 0.0364. The molecule has 0 radical (unpaired) electrons. The Hall–Kier alpha value is -1.85. The van der Waals surface area contributed by atoms with Crippen molar-refractivity contribution in [2.45, 2.75) is 26.2 Å². The van der Waals surface area contributed by atoms with Crippen LogP contribution < -0.4 is 11.1 Å². The molecule has 88 valence electrons. The summed E-state index contributed by atoms with van der Waals surface area (Å²) in [6, 6.07) is 2.79. The van der Waals surface area contributed by atoms with Crippen molar-refractivity contribution in [3.8, 4) is 0 Å². The van der Waals surface area contributed by atoms with E-state index in [1.807, 2.05) is 0 Å². The lowest BCUT2D eigenvalue weighted by Crippen LogP contribution is -2.07. The highest BCUT2D eigenvalue weighted by atomic mass is 16.6. The number of nitrogens with one attached hydrogen (secondary N) is 1.